The molecule has 0 unspecified atom stereocenters. The molecule has 2 N–H and O–H groups in total. The first-order valence-corrected chi connectivity index (χ1v) is 13.2. The van der Waals surface area contributed by atoms with Gasteiger partial charge in [0.05, 0.1) is 16.9 Å². The maximum atomic E-state index is 14.0. The molecular formula is C34H27N3O3. The molecule has 196 valence electrons. The normalized spacial score (nSPS) is 13.9. The first-order valence-electron chi connectivity index (χ1n) is 13.2. The molecule has 0 radical (unpaired) electrons. The summed E-state index contributed by atoms with van der Waals surface area (Å²) >= 11 is 0. The van der Waals surface area contributed by atoms with E-state index in [1.807, 2.05) is 117 Å². The SMILES string of the molecule is CN(C)c1ccc(Nc2ccc3c(c2Nc2ccccc2)C(=O)OC32c3ccccc3Oc3ccccc32)cc1. The molecule has 0 amide bonds. The van der Waals surface area contributed by atoms with Crippen LogP contribution in [0.4, 0.5) is 28.4 Å². The largest absolute Gasteiger partial charge is 0.456 e. The minimum atomic E-state index is -1.13. The van der Waals surface area contributed by atoms with E-state index in [0.29, 0.717) is 22.7 Å². The van der Waals surface area contributed by atoms with E-state index in [9.17, 15) is 4.79 Å². The van der Waals surface area contributed by atoms with Crippen LogP contribution in [0.2, 0.25) is 0 Å². The smallest absolute Gasteiger partial charge is 0.342 e. The molecule has 5 aromatic rings. The second-order valence-corrected chi connectivity index (χ2v) is 10.1. The number of hydrogen-bond acceptors (Lipinski definition) is 6. The van der Waals surface area contributed by atoms with Gasteiger partial charge >= 0.3 is 5.97 Å². The van der Waals surface area contributed by atoms with Gasteiger partial charge in [0.2, 0.25) is 0 Å². The summed E-state index contributed by atoms with van der Waals surface area (Å²) in [5.74, 6) is 0.941. The third-order valence-corrected chi connectivity index (χ3v) is 7.49. The molecule has 40 heavy (non-hydrogen) atoms. The van der Waals surface area contributed by atoms with Gasteiger partial charge in [0.15, 0.2) is 5.60 Å². The molecule has 2 aliphatic heterocycles. The molecule has 0 fully saturated rings. The van der Waals surface area contributed by atoms with Crippen molar-refractivity contribution in [1.29, 1.82) is 0 Å². The summed E-state index contributed by atoms with van der Waals surface area (Å²) in [4.78, 5) is 16.0. The number of ether oxygens (including phenoxy) is 2. The highest BCUT2D eigenvalue weighted by Crippen LogP contribution is 2.57. The van der Waals surface area contributed by atoms with E-state index in [0.717, 1.165) is 39.4 Å². The third-order valence-electron chi connectivity index (χ3n) is 7.49. The Kier molecular flexibility index (Phi) is 5.49. The number of carbonyl (C=O) groups is 1. The molecule has 0 bridgehead atoms. The molecule has 0 aliphatic carbocycles. The molecule has 5 aromatic carbocycles. The van der Waals surface area contributed by atoms with Crippen molar-refractivity contribution in [2.24, 2.45) is 0 Å². The molecule has 2 aliphatic rings. The van der Waals surface area contributed by atoms with Crippen LogP contribution < -0.4 is 20.3 Å². The van der Waals surface area contributed by atoms with Gasteiger partial charge in [-0.3, -0.25) is 0 Å². The van der Waals surface area contributed by atoms with Crippen LogP contribution in [-0.2, 0) is 10.3 Å². The summed E-state index contributed by atoms with van der Waals surface area (Å²) in [6.45, 7) is 0. The van der Waals surface area contributed by atoms with Crippen LogP contribution in [0.25, 0.3) is 0 Å². The third kappa shape index (κ3) is 3.68. The monoisotopic (exact) mass is 525 g/mol. The number of benzene rings is 5. The number of nitrogens with one attached hydrogen (secondary N) is 2. The van der Waals surface area contributed by atoms with Gasteiger partial charge < -0.3 is 25.0 Å². The topological polar surface area (TPSA) is 62.8 Å². The fraction of sp³-hybridized carbons (Fsp3) is 0.0882. The van der Waals surface area contributed by atoms with Gasteiger partial charge in [-0.1, -0.05) is 60.7 Å². The lowest BCUT2D eigenvalue weighted by Gasteiger charge is -2.36. The molecule has 7 rings (SSSR count). The van der Waals surface area contributed by atoms with E-state index in [1.165, 1.54) is 0 Å². The first-order chi connectivity index (χ1) is 19.5. The number of nitrogens with zero attached hydrogens (tertiary/aromatic N) is 1. The number of para-hydroxylation sites is 3. The van der Waals surface area contributed by atoms with E-state index in [-0.39, 0.29) is 0 Å². The van der Waals surface area contributed by atoms with Crippen LogP contribution in [0, 0.1) is 0 Å². The van der Waals surface area contributed by atoms with Gasteiger partial charge in [0.25, 0.3) is 0 Å². The van der Waals surface area contributed by atoms with E-state index in [1.54, 1.807) is 0 Å². The predicted octanol–water partition coefficient (Wildman–Crippen LogP) is 7.81. The van der Waals surface area contributed by atoms with E-state index in [2.05, 4.69) is 27.7 Å². The van der Waals surface area contributed by atoms with Crippen molar-refractivity contribution in [2.75, 3.05) is 29.6 Å². The van der Waals surface area contributed by atoms with Crippen molar-refractivity contribution in [3.8, 4) is 11.5 Å². The molecule has 6 heteroatoms. The highest BCUT2D eigenvalue weighted by molar-refractivity contribution is 6.06. The number of hydrogen-bond donors (Lipinski definition) is 2. The van der Waals surface area contributed by atoms with Gasteiger partial charge in [0, 0.05) is 47.8 Å². The Balaban J connectivity index is 1.43. The van der Waals surface area contributed by atoms with Gasteiger partial charge in [-0.25, -0.2) is 4.79 Å². The molecule has 2 heterocycles. The van der Waals surface area contributed by atoms with Crippen molar-refractivity contribution in [1.82, 2.24) is 0 Å². The van der Waals surface area contributed by atoms with Gasteiger partial charge in [0.1, 0.15) is 11.5 Å². The minimum absolute atomic E-state index is 0.397. The van der Waals surface area contributed by atoms with Crippen LogP contribution >= 0.6 is 0 Å². The molecule has 6 nitrogen and oxygen atoms in total. The quantitative estimate of drug-likeness (QED) is 0.228. The average molecular weight is 526 g/mol. The lowest BCUT2D eigenvalue weighted by atomic mass is 9.77. The summed E-state index contributed by atoms with van der Waals surface area (Å²) in [5.41, 5.74) is 6.02. The maximum absolute atomic E-state index is 14.0. The Morgan fingerprint density at radius 1 is 0.625 bits per heavy atom. The Morgan fingerprint density at radius 3 is 1.88 bits per heavy atom. The average Bonchev–Trinajstić information content (AvgIpc) is 3.28. The molecular weight excluding hydrogens is 498 g/mol. The predicted molar refractivity (Wildman–Crippen MR) is 158 cm³/mol. The van der Waals surface area contributed by atoms with E-state index < -0.39 is 11.6 Å². The Labute approximate surface area is 232 Å². The van der Waals surface area contributed by atoms with Crippen LogP contribution in [0.3, 0.4) is 0 Å². The first kappa shape index (κ1) is 23.9. The summed E-state index contributed by atoms with van der Waals surface area (Å²) in [6.07, 6.45) is 0. The number of esters is 1. The molecule has 1 spiro atoms. The standard InChI is InChI=1S/C34H27N3O3/c1-37(2)24-18-16-23(17-19-24)35-28-21-20-27-31(32(28)36-22-10-4-3-5-11-22)33(38)40-34(27)25-12-6-8-14-29(25)39-30-15-9-7-13-26(30)34/h3-21,35-36H,1-2H3. The fourth-order valence-corrected chi connectivity index (χ4v) is 5.61. The molecule has 0 saturated carbocycles. The van der Waals surface area contributed by atoms with E-state index >= 15 is 0 Å². The van der Waals surface area contributed by atoms with Gasteiger partial charge in [-0.15, -0.1) is 0 Å². The molecule has 0 aromatic heterocycles. The van der Waals surface area contributed by atoms with Crippen molar-refractivity contribution in [3.05, 3.63) is 138 Å². The van der Waals surface area contributed by atoms with Crippen molar-refractivity contribution in [2.45, 2.75) is 5.60 Å². The van der Waals surface area contributed by atoms with Crippen molar-refractivity contribution < 1.29 is 14.3 Å². The lowest BCUT2D eigenvalue weighted by molar-refractivity contribution is 0.0225. The summed E-state index contributed by atoms with van der Waals surface area (Å²) < 4.78 is 12.7. The Hall–Kier alpha value is -5.23. The Morgan fingerprint density at radius 2 is 1.23 bits per heavy atom. The lowest BCUT2D eigenvalue weighted by Crippen LogP contribution is -2.32. The number of anilines is 5. The minimum Gasteiger partial charge on any atom is -0.456 e. The number of fused-ring (bicyclic) bond motifs is 6. The van der Waals surface area contributed by atoms with Crippen molar-refractivity contribution in [3.63, 3.8) is 0 Å². The zero-order valence-electron chi connectivity index (χ0n) is 22.1. The van der Waals surface area contributed by atoms with E-state index in [4.69, 9.17) is 9.47 Å². The van der Waals surface area contributed by atoms with Crippen LogP contribution in [0.1, 0.15) is 27.0 Å². The van der Waals surface area contributed by atoms with Crippen LogP contribution in [0.5, 0.6) is 11.5 Å². The maximum Gasteiger partial charge on any atom is 0.342 e. The summed E-state index contributed by atoms with van der Waals surface area (Å²) in [5, 5.41) is 7.05. The highest BCUT2D eigenvalue weighted by atomic mass is 16.6. The summed E-state index contributed by atoms with van der Waals surface area (Å²) in [6, 6.07) is 37.5. The summed E-state index contributed by atoms with van der Waals surface area (Å²) in [7, 11) is 4.03. The zero-order chi connectivity index (χ0) is 27.3. The highest BCUT2D eigenvalue weighted by Gasteiger charge is 2.54. The van der Waals surface area contributed by atoms with Gasteiger partial charge in [-0.05, 0) is 54.6 Å². The van der Waals surface area contributed by atoms with Gasteiger partial charge in [-0.2, -0.15) is 0 Å². The van der Waals surface area contributed by atoms with Crippen molar-refractivity contribution >= 4 is 34.4 Å². The fourth-order valence-electron chi connectivity index (χ4n) is 5.61. The molecule has 0 saturated heterocycles. The number of rotatable bonds is 5. The van der Waals surface area contributed by atoms with Crippen LogP contribution in [-0.4, -0.2) is 20.1 Å². The van der Waals surface area contributed by atoms with Crippen LogP contribution in [0.15, 0.2) is 115 Å². The Bertz CT molecular complexity index is 1700. The zero-order valence-corrected chi connectivity index (χ0v) is 22.1. The second-order valence-electron chi connectivity index (χ2n) is 10.1. The number of carbonyl (C=O) groups excluding carboxylic acids is 1. The molecule has 0 atom stereocenters. The second kappa shape index (κ2) is 9.20.